The van der Waals surface area contributed by atoms with E-state index in [0.717, 1.165) is 32.9 Å². The average Bonchev–Trinajstić information content (AvgIpc) is 2.95. The molecule has 0 aromatic rings. The van der Waals surface area contributed by atoms with Crippen LogP contribution in [0, 0.1) is 0 Å². The molecular weight excluding hydrogens is 553 g/mol. The summed E-state index contributed by atoms with van der Waals surface area (Å²) in [6.45, 7) is 1.75. The van der Waals surface area contributed by atoms with Crippen LogP contribution in [0.1, 0.15) is 44.9 Å². The first kappa shape index (κ1) is 37.7. The van der Waals surface area contributed by atoms with Crippen molar-refractivity contribution in [3.8, 4) is 0 Å². The summed E-state index contributed by atoms with van der Waals surface area (Å²) in [4.78, 5) is 15.2. The quantitative estimate of drug-likeness (QED) is 0.0661. The standard InChI is InChI=1S/C18H37N5O6.C5H9FO4.CH4O/c19-5-7-23(27)18(26)22-12-9-14(20)17(15(25)10-12)29-16-4-1-3-13(28-16)11-21-6-2-8-24;6-10-5-4(8)1-3(7)2-9-5;1-2/h12-17,21,24-25,27H,1-11,19-20H2,(H,22,26);3-5,7-8H,1-2H2;2H,1H3/t12?,13?,14?,15?,16-,17-;;/m1../s1. The van der Waals surface area contributed by atoms with Crippen molar-refractivity contribution in [3.05, 3.63) is 0 Å². The molecule has 2 amide bonds. The van der Waals surface area contributed by atoms with Crippen LogP contribution in [0.15, 0.2) is 0 Å². The maximum absolute atomic E-state index is 11.9. The zero-order chi connectivity index (χ0) is 30.8. The predicted octanol–water partition coefficient (Wildman–Crippen LogP) is -2.59. The SMILES string of the molecule is CO.NCCN(O)C(=O)NC1CC(N)[C@@H](O[C@@H]2CCCC(CNCCCO)O2)C(O)C1.OC1COC(OF)C(O)C1. The van der Waals surface area contributed by atoms with Gasteiger partial charge in [0.05, 0.1) is 31.5 Å². The van der Waals surface area contributed by atoms with Crippen molar-refractivity contribution in [1.82, 2.24) is 15.7 Å². The lowest BCUT2D eigenvalue weighted by molar-refractivity contribution is -0.324. The lowest BCUT2D eigenvalue weighted by Crippen LogP contribution is -2.58. The Hall–Kier alpha value is -1.32. The van der Waals surface area contributed by atoms with Crippen LogP contribution in [-0.2, 0) is 19.2 Å². The second kappa shape index (κ2) is 21.4. The van der Waals surface area contributed by atoms with E-state index in [9.17, 15) is 19.6 Å². The smallest absolute Gasteiger partial charge is 0.341 e. The van der Waals surface area contributed by atoms with E-state index in [4.69, 9.17) is 41.4 Å². The number of nitrogens with one attached hydrogen (secondary N) is 2. The summed E-state index contributed by atoms with van der Waals surface area (Å²) in [6.07, 6.45) is -0.746. The third-order valence-electron chi connectivity index (χ3n) is 6.66. The first-order valence-electron chi connectivity index (χ1n) is 13.9. The highest BCUT2D eigenvalue weighted by molar-refractivity contribution is 5.73. The molecule has 1 aliphatic carbocycles. The van der Waals surface area contributed by atoms with E-state index in [1.165, 1.54) is 0 Å². The first-order valence-corrected chi connectivity index (χ1v) is 13.9. The van der Waals surface area contributed by atoms with Gasteiger partial charge < -0.3 is 61.8 Å². The number of nitrogens with two attached hydrogens (primary N) is 2. The van der Waals surface area contributed by atoms with Crippen LogP contribution in [-0.4, -0.2) is 144 Å². The van der Waals surface area contributed by atoms with Crippen molar-refractivity contribution in [2.45, 2.75) is 100 Å². The number of hydroxylamine groups is 2. The van der Waals surface area contributed by atoms with E-state index in [1.54, 1.807) is 0 Å². The Labute approximate surface area is 239 Å². The van der Waals surface area contributed by atoms with Gasteiger partial charge in [-0.15, -0.1) is 0 Å². The summed E-state index contributed by atoms with van der Waals surface area (Å²) in [5.74, 6) is 0. The average molecular weight is 604 g/mol. The summed E-state index contributed by atoms with van der Waals surface area (Å²) in [7, 11) is 1.00. The van der Waals surface area contributed by atoms with Gasteiger partial charge in [-0.05, 0) is 49.6 Å². The Balaban J connectivity index is 0.000000584. The van der Waals surface area contributed by atoms with E-state index in [1.807, 2.05) is 0 Å². The zero-order valence-electron chi connectivity index (χ0n) is 23.6. The highest BCUT2D eigenvalue weighted by Gasteiger charge is 2.39. The van der Waals surface area contributed by atoms with E-state index in [-0.39, 0.29) is 51.3 Å². The summed E-state index contributed by atoms with van der Waals surface area (Å²) in [5, 5.41) is 60.0. The third-order valence-corrected chi connectivity index (χ3v) is 6.66. The van der Waals surface area contributed by atoms with E-state index in [2.05, 4.69) is 20.3 Å². The van der Waals surface area contributed by atoms with Crippen LogP contribution < -0.4 is 22.1 Å². The topological polar surface area (TPSA) is 255 Å². The molecule has 2 heterocycles. The summed E-state index contributed by atoms with van der Waals surface area (Å²) >= 11 is 0. The largest absolute Gasteiger partial charge is 0.400 e. The fourth-order valence-electron chi connectivity index (χ4n) is 4.67. The number of aliphatic hydroxyl groups excluding tert-OH is 5. The lowest BCUT2D eigenvalue weighted by atomic mass is 9.86. The predicted molar refractivity (Wildman–Crippen MR) is 142 cm³/mol. The van der Waals surface area contributed by atoms with Gasteiger partial charge in [-0.25, -0.2) is 9.86 Å². The molecule has 16 nitrogen and oxygen atoms in total. The van der Waals surface area contributed by atoms with Gasteiger partial charge >= 0.3 is 6.03 Å². The van der Waals surface area contributed by atoms with Crippen molar-refractivity contribution in [2.24, 2.45) is 11.5 Å². The molecule has 1 saturated carbocycles. The number of carbonyl (C=O) groups excluding carboxylic acids is 1. The number of aliphatic hydroxyl groups is 5. The Kier molecular flexibility index (Phi) is 19.7. The van der Waals surface area contributed by atoms with Crippen LogP contribution in [0.5, 0.6) is 0 Å². The minimum atomic E-state index is -1.23. The van der Waals surface area contributed by atoms with Gasteiger partial charge in [-0.2, -0.15) is 4.94 Å². The molecule has 12 N–H and O–H groups in total. The molecule has 2 saturated heterocycles. The molecular formula is C24H50FN5O11. The van der Waals surface area contributed by atoms with Gasteiger partial charge in [0.2, 0.25) is 6.29 Å². The zero-order valence-corrected chi connectivity index (χ0v) is 23.6. The Morgan fingerprint density at radius 3 is 2.49 bits per heavy atom. The van der Waals surface area contributed by atoms with Gasteiger partial charge in [-0.3, -0.25) is 5.21 Å². The maximum atomic E-state index is 11.9. The van der Waals surface area contributed by atoms with Gasteiger partial charge in [0.15, 0.2) is 6.29 Å². The number of ether oxygens (including phenoxy) is 3. The molecule has 3 aliphatic rings. The van der Waals surface area contributed by atoms with Crippen molar-refractivity contribution in [2.75, 3.05) is 46.5 Å². The molecule has 3 rings (SSSR count). The highest BCUT2D eigenvalue weighted by Crippen LogP contribution is 2.27. The second-order valence-electron chi connectivity index (χ2n) is 10.0. The maximum Gasteiger partial charge on any atom is 0.341 e. The molecule has 3 fully saturated rings. The van der Waals surface area contributed by atoms with Gasteiger partial charge in [0.1, 0.15) is 12.2 Å². The van der Waals surface area contributed by atoms with Gasteiger partial charge in [0.25, 0.3) is 0 Å². The van der Waals surface area contributed by atoms with E-state index < -0.39 is 49.1 Å². The Bertz CT molecular complexity index is 680. The minimum Gasteiger partial charge on any atom is -0.400 e. The molecule has 41 heavy (non-hydrogen) atoms. The molecule has 17 heteroatoms. The fourth-order valence-corrected chi connectivity index (χ4v) is 4.67. The molecule has 2 aliphatic heterocycles. The molecule has 7 unspecified atom stereocenters. The van der Waals surface area contributed by atoms with Crippen molar-refractivity contribution in [3.63, 3.8) is 0 Å². The van der Waals surface area contributed by atoms with Crippen LogP contribution in [0.2, 0.25) is 0 Å². The second-order valence-corrected chi connectivity index (χ2v) is 10.0. The van der Waals surface area contributed by atoms with Crippen molar-refractivity contribution < 1.29 is 59.2 Å². The number of hydrogen-bond donors (Lipinski definition) is 10. The molecule has 9 atom stereocenters. The summed E-state index contributed by atoms with van der Waals surface area (Å²) in [5.41, 5.74) is 11.5. The van der Waals surface area contributed by atoms with Gasteiger partial charge in [-0.1, -0.05) is 0 Å². The third kappa shape index (κ3) is 14.1. The highest BCUT2D eigenvalue weighted by atomic mass is 19.3. The number of rotatable bonds is 11. The minimum absolute atomic E-state index is 0.00560. The molecule has 0 aromatic carbocycles. The number of halogens is 1. The molecule has 0 spiro atoms. The summed E-state index contributed by atoms with van der Waals surface area (Å²) in [6, 6.07) is -1.50. The monoisotopic (exact) mass is 603 g/mol. The lowest BCUT2D eigenvalue weighted by Gasteiger charge is -2.41. The van der Waals surface area contributed by atoms with E-state index in [0.29, 0.717) is 24.4 Å². The Morgan fingerprint density at radius 2 is 1.88 bits per heavy atom. The van der Waals surface area contributed by atoms with Crippen LogP contribution in [0.4, 0.5) is 9.32 Å². The number of nitrogens with zero attached hydrogens (tertiary/aromatic N) is 1. The van der Waals surface area contributed by atoms with Crippen molar-refractivity contribution in [1.29, 1.82) is 0 Å². The molecule has 0 bridgehead atoms. The number of urea groups is 1. The van der Waals surface area contributed by atoms with E-state index >= 15 is 0 Å². The summed E-state index contributed by atoms with van der Waals surface area (Å²) < 4.78 is 27.9. The van der Waals surface area contributed by atoms with Crippen LogP contribution in [0.25, 0.3) is 0 Å². The Morgan fingerprint density at radius 1 is 1.15 bits per heavy atom. The number of hydrogen-bond acceptors (Lipinski definition) is 14. The fraction of sp³-hybridized carbons (Fsp3) is 0.958. The normalized spacial score (nSPS) is 33.5. The number of carbonyl (C=O) groups is 1. The molecule has 244 valence electrons. The van der Waals surface area contributed by atoms with Crippen molar-refractivity contribution >= 4 is 6.03 Å². The van der Waals surface area contributed by atoms with Gasteiger partial charge in [0, 0.05) is 45.3 Å². The number of amides is 2. The van der Waals surface area contributed by atoms with Crippen LogP contribution >= 0.6 is 0 Å². The molecule has 0 aromatic heterocycles. The van der Waals surface area contributed by atoms with Crippen LogP contribution in [0.3, 0.4) is 0 Å². The first-order chi connectivity index (χ1) is 19.7. The molecule has 0 radical (unpaired) electrons.